The van der Waals surface area contributed by atoms with Crippen LogP contribution in [0.1, 0.15) is 111 Å². The van der Waals surface area contributed by atoms with Crippen molar-refractivity contribution in [2.75, 3.05) is 0 Å². The third-order valence-corrected chi connectivity index (χ3v) is 19.1. The molecule has 3 aromatic rings. The van der Waals surface area contributed by atoms with Gasteiger partial charge in [-0.05, 0) is 0 Å². The van der Waals surface area contributed by atoms with Crippen LogP contribution >= 0.6 is 0 Å². The standard InChI is InChI=1S/C23H21.C11H17.C8H8.2ClH.Zr/c1-22(2)7-5-14-10-18-16(12-20(14)22)9-17-13-21-15(11-19(17)18)6-8-23(21,3)4;1-5-9-6-7-10(8-9)11(2,3)4;1-2-8-6-4-3-5-7-8;;;/h5-13H,1-4H3;7-9H,5H2,1-4H3;3-7H,1H3;2*1H;/q;;;;;+2/p-2. The molecule has 0 saturated heterocycles. The first kappa shape index (κ1) is 34.3. The second kappa shape index (κ2) is 11.9. The monoisotopic (exact) mass is 710 g/mol. The molecule has 3 heteroatoms. The van der Waals surface area contributed by atoms with Crippen molar-refractivity contribution in [1.29, 1.82) is 0 Å². The largest absolute Gasteiger partial charge is 1.00 e. The Balaban J connectivity index is 0.00000200. The van der Waals surface area contributed by atoms with Crippen LogP contribution in [0, 0.1) is 11.3 Å². The van der Waals surface area contributed by atoms with Crippen LogP contribution in [0.15, 0.2) is 87.8 Å². The molecule has 3 aromatic carbocycles. The van der Waals surface area contributed by atoms with Crippen LogP contribution in [-0.2, 0) is 32.1 Å². The molecule has 0 spiro atoms. The first-order valence-corrected chi connectivity index (χ1v) is 20.1. The normalized spacial score (nSPS) is 19.9. The molecule has 0 amide bonds. The Morgan fingerprint density at radius 2 is 1.29 bits per heavy atom. The maximum absolute atomic E-state index is 2.69. The summed E-state index contributed by atoms with van der Waals surface area (Å²) in [6.07, 6.45) is 16.0. The van der Waals surface area contributed by atoms with Crippen molar-refractivity contribution < 1.29 is 46.1 Å². The van der Waals surface area contributed by atoms with Gasteiger partial charge in [0.1, 0.15) is 0 Å². The molecule has 0 N–H and O–H groups in total. The van der Waals surface area contributed by atoms with Crippen molar-refractivity contribution in [2.45, 2.75) is 83.2 Å². The maximum Gasteiger partial charge on any atom is -1.00 e. The van der Waals surface area contributed by atoms with Crippen molar-refractivity contribution in [3.63, 3.8) is 0 Å². The number of fused-ring (bicyclic) bond motifs is 5. The molecule has 45 heavy (non-hydrogen) atoms. The van der Waals surface area contributed by atoms with Gasteiger partial charge in [0.2, 0.25) is 0 Å². The summed E-state index contributed by atoms with van der Waals surface area (Å²) in [6, 6.07) is 21.8. The first-order valence-electron chi connectivity index (χ1n) is 16.3. The SMILES string of the molecule is CCC1C=C(C(C)(C)C)C=[C]1/[Zr+2](=[C](/C)c1ccccc1)[CH]1c2cc3c(cc2-c2cc4c(cc21)C(C)(C)C=C4)C=CC3(C)C.[Cl-].[Cl-]. The summed E-state index contributed by atoms with van der Waals surface area (Å²) in [7, 11) is 0. The van der Waals surface area contributed by atoms with E-state index in [0.717, 1.165) is 0 Å². The Kier molecular flexibility index (Phi) is 9.05. The fourth-order valence-electron chi connectivity index (χ4n) is 8.01. The second-order valence-corrected chi connectivity index (χ2v) is 22.2. The van der Waals surface area contributed by atoms with Gasteiger partial charge < -0.3 is 24.8 Å². The molecule has 4 aliphatic rings. The number of benzene rings is 3. The minimum Gasteiger partial charge on any atom is -1.00 e. The molecule has 0 aromatic heterocycles. The predicted octanol–water partition coefficient (Wildman–Crippen LogP) is 5.13. The smallest absolute Gasteiger partial charge is 1.00 e. The third kappa shape index (κ3) is 5.54. The molecule has 1 atom stereocenters. The summed E-state index contributed by atoms with van der Waals surface area (Å²) in [5.74, 6) is 0.537. The van der Waals surface area contributed by atoms with Crippen molar-refractivity contribution >= 4 is 15.4 Å². The van der Waals surface area contributed by atoms with Crippen LogP contribution in [0.3, 0.4) is 0 Å². The van der Waals surface area contributed by atoms with Gasteiger partial charge in [0, 0.05) is 0 Å². The van der Waals surface area contributed by atoms with Crippen molar-refractivity contribution in [2.24, 2.45) is 11.3 Å². The fraction of sp³-hybridized carbons (Fsp3) is 0.357. The molecule has 0 saturated carbocycles. The van der Waals surface area contributed by atoms with Gasteiger partial charge in [-0.15, -0.1) is 0 Å². The van der Waals surface area contributed by atoms with E-state index in [1.165, 1.54) is 50.9 Å². The number of rotatable bonds is 4. The van der Waals surface area contributed by atoms with Crippen LogP contribution in [0.5, 0.6) is 0 Å². The summed E-state index contributed by atoms with van der Waals surface area (Å²) in [4.78, 5) is 0. The van der Waals surface area contributed by atoms with Crippen LogP contribution in [-0.4, -0.2) is 3.21 Å². The molecule has 0 aliphatic heterocycles. The average Bonchev–Trinajstić information content (AvgIpc) is 3.70. The number of hydrogen-bond donors (Lipinski definition) is 0. The Morgan fingerprint density at radius 1 is 0.778 bits per heavy atom. The van der Waals surface area contributed by atoms with Crippen molar-refractivity contribution in [3.05, 3.63) is 127 Å². The molecule has 7 rings (SSSR count). The van der Waals surface area contributed by atoms with E-state index in [0.29, 0.717) is 9.54 Å². The zero-order valence-corrected chi connectivity index (χ0v) is 32.2. The molecule has 0 bridgehead atoms. The fourth-order valence-corrected chi connectivity index (χ4v) is 17.3. The van der Waals surface area contributed by atoms with Crippen LogP contribution in [0.25, 0.3) is 23.3 Å². The van der Waals surface area contributed by atoms with Gasteiger partial charge in [0.25, 0.3) is 0 Å². The molecule has 1 unspecified atom stereocenters. The topological polar surface area (TPSA) is 0 Å². The van der Waals surface area contributed by atoms with Gasteiger partial charge in [-0.2, -0.15) is 0 Å². The first-order chi connectivity index (χ1) is 20.3. The summed E-state index contributed by atoms with van der Waals surface area (Å²) in [6.45, 7) is 21.6. The van der Waals surface area contributed by atoms with Gasteiger partial charge >= 0.3 is 269 Å². The Labute approximate surface area is 291 Å². The molecule has 0 fully saturated rings. The van der Waals surface area contributed by atoms with Gasteiger partial charge in [-0.3, -0.25) is 0 Å². The molecule has 4 aliphatic carbocycles. The number of hydrogen-bond acceptors (Lipinski definition) is 0. The van der Waals surface area contributed by atoms with E-state index >= 15 is 0 Å². The number of halogens is 2. The Morgan fingerprint density at radius 3 is 1.76 bits per heavy atom. The minimum absolute atomic E-state index is 0. The van der Waals surface area contributed by atoms with Gasteiger partial charge in [0.05, 0.1) is 0 Å². The van der Waals surface area contributed by atoms with Crippen molar-refractivity contribution in [1.82, 2.24) is 0 Å². The van der Waals surface area contributed by atoms with E-state index in [1.807, 2.05) is 0 Å². The van der Waals surface area contributed by atoms with E-state index in [9.17, 15) is 0 Å². The second-order valence-electron chi connectivity index (χ2n) is 15.5. The van der Waals surface area contributed by atoms with Gasteiger partial charge in [-0.1, -0.05) is 0 Å². The Hall–Kier alpha value is -2.05. The van der Waals surface area contributed by atoms with E-state index in [2.05, 4.69) is 153 Å². The summed E-state index contributed by atoms with van der Waals surface area (Å²) < 4.78 is 3.93. The maximum atomic E-state index is 2.69. The molecule has 0 nitrogen and oxygen atoms in total. The molecular weight excluding hydrogens is 667 g/mol. The zero-order valence-electron chi connectivity index (χ0n) is 28.3. The molecule has 0 heterocycles. The van der Waals surface area contributed by atoms with Crippen LogP contribution < -0.4 is 24.8 Å². The Bertz CT molecular complexity index is 1760. The van der Waals surface area contributed by atoms with E-state index in [1.54, 1.807) is 17.6 Å². The van der Waals surface area contributed by atoms with Crippen LogP contribution in [0.4, 0.5) is 0 Å². The predicted molar refractivity (Wildman–Crippen MR) is 183 cm³/mol. The summed E-state index contributed by atoms with van der Waals surface area (Å²) in [5.41, 5.74) is 15.2. The van der Waals surface area contributed by atoms with Gasteiger partial charge in [0.15, 0.2) is 0 Å². The van der Waals surface area contributed by atoms with E-state index in [4.69, 9.17) is 0 Å². The molecule has 0 radical (unpaired) electrons. The van der Waals surface area contributed by atoms with E-state index in [-0.39, 0.29) is 41.1 Å². The van der Waals surface area contributed by atoms with Crippen molar-refractivity contribution in [3.8, 4) is 11.1 Å². The van der Waals surface area contributed by atoms with Gasteiger partial charge in [-0.25, -0.2) is 0 Å². The summed E-state index contributed by atoms with van der Waals surface area (Å²) in [5, 5.41) is 0. The van der Waals surface area contributed by atoms with Crippen LogP contribution in [0.2, 0.25) is 0 Å². The number of allylic oxidation sites excluding steroid dienone is 6. The molecular formula is C42H46Cl2Zr. The average molecular weight is 713 g/mol. The zero-order chi connectivity index (χ0) is 30.5. The van der Waals surface area contributed by atoms with E-state index < -0.39 is 21.3 Å². The quantitative estimate of drug-likeness (QED) is 0.353. The summed E-state index contributed by atoms with van der Waals surface area (Å²) >= 11 is -2.63. The third-order valence-electron chi connectivity index (χ3n) is 10.7. The molecule has 232 valence electrons. The minimum atomic E-state index is -2.63.